The summed E-state index contributed by atoms with van der Waals surface area (Å²) in [6, 6.07) is 0. The van der Waals surface area contributed by atoms with Gasteiger partial charge in [-0.1, -0.05) is 6.92 Å². The maximum absolute atomic E-state index is 12.5. The SMILES string of the molecule is COC(=O)CC1CN(C(=O)C2CCC(C)CC2)CCO1. The molecule has 1 heterocycles. The van der Waals surface area contributed by atoms with Gasteiger partial charge >= 0.3 is 5.97 Å². The second kappa shape index (κ2) is 7.07. The topological polar surface area (TPSA) is 55.8 Å². The fourth-order valence-corrected chi connectivity index (χ4v) is 3.08. The lowest BCUT2D eigenvalue weighted by Gasteiger charge is -2.36. The smallest absolute Gasteiger partial charge is 0.308 e. The standard InChI is InChI=1S/C15H25NO4/c1-11-3-5-12(6-4-11)15(18)16-7-8-20-13(10-16)9-14(17)19-2/h11-13H,3-10H2,1-2H3. The predicted octanol–water partition coefficient (Wildman–Crippen LogP) is 1.60. The predicted molar refractivity (Wildman–Crippen MR) is 74.1 cm³/mol. The van der Waals surface area contributed by atoms with Gasteiger partial charge in [0.25, 0.3) is 0 Å². The molecule has 5 nitrogen and oxygen atoms in total. The lowest BCUT2D eigenvalue weighted by Crippen LogP contribution is -2.48. The van der Waals surface area contributed by atoms with Crippen LogP contribution in [0.25, 0.3) is 0 Å². The van der Waals surface area contributed by atoms with Gasteiger partial charge in [-0.15, -0.1) is 0 Å². The minimum absolute atomic E-state index is 0.170. The maximum atomic E-state index is 12.5. The molecule has 1 saturated heterocycles. The lowest BCUT2D eigenvalue weighted by molar-refractivity contribution is -0.152. The van der Waals surface area contributed by atoms with Crippen LogP contribution in [0.1, 0.15) is 39.0 Å². The molecule has 5 heteroatoms. The van der Waals surface area contributed by atoms with Crippen LogP contribution in [0.15, 0.2) is 0 Å². The molecule has 2 fully saturated rings. The fraction of sp³-hybridized carbons (Fsp3) is 0.867. The molecule has 0 aromatic rings. The Kier molecular flexibility index (Phi) is 5.40. The van der Waals surface area contributed by atoms with Crippen molar-refractivity contribution in [3.05, 3.63) is 0 Å². The zero-order valence-electron chi connectivity index (χ0n) is 12.5. The van der Waals surface area contributed by atoms with Crippen LogP contribution in [-0.4, -0.2) is 49.7 Å². The quantitative estimate of drug-likeness (QED) is 0.738. The van der Waals surface area contributed by atoms with Crippen molar-refractivity contribution >= 4 is 11.9 Å². The molecule has 20 heavy (non-hydrogen) atoms. The Morgan fingerprint density at radius 1 is 1.25 bits per heavy atom. The van der Waals surface area contributed by atoms with Crippen LogP contribution >= 0.6 is 0 Å². The van der Waals surface area contributed by atoms with E-state index in [0.29, 0.717) is 19.7 Å². The first-order chi connectivity index (χ1) is 9.60. The number of methoxy groups -OCH3 is 1. The molecule has 1 amide bonds. The Bertz CT molecular complexity index is 350. The van der Waals surface area contributed by atoms with Gasteiger partial charge in [0.1, 0.15) is 0 Å². The van der Waals surface area contributed by atoms with E-state index >= 15 is 0 Å². The highest BCUT2D eigenvalue weighted by Crippen LogP contribution is 2.30. The molecule has 0 spiro atoms. The van der Waals surface area contributed by atoms with E-state index in [1.54, 1.807) is 0 Å². The summed E-state index contributed by atoms with van der Waals surface area (Å²) in [7, 11) is 1.37. The molecule has 0 radical (unpaired) electrons. The third-order valence-electron chi connectivity index (χ3n) is 4.44. The van der Waals surface area contributed by atoms with Crippen molar-refractivity contribution < 1.29 is 19.1 Å². The number of esters is 1. The van der Waals surface area contributed by atoms with Crippen molar-refractivity contribution in [3.8, 4) is 0 Å². The summed E-state index contributed by atoms with van der Waals surface area (Å²) in [5.74, 6) is 0.879. The second-order valence-electron chi connectivity index (χ2n) is 6.01. The Balaban J connectivity index is 1.85. The first-order valence-electron chi connectivity index (χ1n) is 7.57. The molecular weight excluding hydrogens is 258 g/mol. The van der Waals surface area contributed by atoms with Gasteiger partial charge in [-0.05, 0) is 31.6 Å². The van der Waals surface area contributed by atoms with Gasteiger partial charge in [-0.25, -0.2) is 0 Å². The van der Waals surface area contributed by atoms with E-state index in [0.717, 1.165) is 31.6 Å². The Hall–Kier alpha value is -1.10. The zero-order chi connectivity index (χ0) is 14.5. The molecule has 2 rings (SSSR count). The van der Waals surface area contributed by atoms with Crippen LogP contribution < -0.4 is 0 Å². The minimum atomic E-state index is -0.282. The highest BCUT2D eigenvalue weighted by atomic mass is 16.5. The molecule has 0 N–H and O–H groups in total. The highest BCUT2D eigenvalue weighted by Gasteiger charge is 2.32. The van der Waals surface area contributed by atoms with Crippen LogP contribution in [0.3, 0.4) is 0 Å². The number of carbonyl (C=O) groups excluding carboxylic acids is 2. The Labute approximate surface area is 120 Å². The largest absolute Gasteiger partial charge is 0.469 e. The number of hydrogen-bond donors (Lipinski definition) is 0. The van der Waals surface area contributed by atoms with Crippen LogP contribution in [0, 0.1) is 11.8 Å². The number of amides is 1. The maximum Gasteiger partial charge on any atom is 0.308 e. The van der Waals surface area contributed by atoms with Crippen LogP contribution in [0.4, 0.5) is 0 Å². The van der Waals surface area contributed by atoms with Gasteiger partial charge in [-0.2, -0.15) is 0 Å². The summed E-state index contributed by atoms with van der Waals surface area (Å²) in [5.41, 5.74) is 0. The van der Waals surface area contributed by atoms with Gasteiger partial charge in [0.15, 0.2) is 0 Å². The van der Waals surface area contributed by atoms with Crippen molar-refractivity contribution in [2.24, 2.45) is 11.8 Å². The van der Waals surface area contributed by atoms with E-state index in [1.165, 1.54) is 7.11 Å². The summed E-state index contributed by atoms with van der Waals surface area (Å²) in [6.07, 6.45) is 4.29. The zero-order valence-corrected chi connectivity index (χ0v) is 12.5. The van der Waals surface area contributed by atoms with Gasteiger partial charge in [0.05, 0.1) is 26.2 Å². The van der Waals surface area contributed by atoms with Gasteiger partial charge in [-0.3, -0.25) is 9.59 Å². The van der Waals surface area contributed by atoms with Crippen LogP contribution in [0.2, 0.25) is 0 Å². The monoisotopic (exact) mass is 283 g/mol. The van der Waals surface area contributed by atoms with Gasteiger partial charge < -0.3 is 14.4 Å². The van der Waals surface area contributed by atoms with E-state index < -0.39 is 0 Å². The van der Waals surface area contributed by atoms with E-state index in [9.17, 15) is 9.59 Å². The van der Waals surface area contributed by atoms with Gasteiger partial charge in [0, 0.05) is 19.0 Å². The van der Waals surface area contributed by atoms with Crippen molar-refractivity contribution in [1.29, 1.82) is 0 Å². The number of ether oxygens (including phenoxy) is 2. The average molecular weight is 283 g/mol. The summed E-state index contributed by atoms with van der Waals surface area (Å²) in [6.45, 7) is 3.92. The lowest BCUT2D eigenvalue weighted by atomic mass is 9.82. The highest BCUT2D eigenvalue weighted by molar-refractivity contribution is 5.79. The molecule has 1 saturated carbocycles. The molecule has 0 aromatic carbocycles. The second-order valence-corrected chi connectivity index (χ2v) is 6.01. The van der Waals surface area contributed by atoms with E-state index in [1.807, 2.05) is 4.90 Å². The number of carbonyl (C=O) groups is 2. The van der Waals surface area contributed by atoms with E-state index in [4.69, 9.17) is 4.74 Å². The first-order valence-corrected chi connectivity index (χ1v) is 7.57. The number of rotatable bonds is 3. The number of nitrogens with zero attached hydrogens (tertiary/aromatic N) is 1. The van der Waals surface area contributed by atoms with Crippen molar-refractivity contribution in [3.63, 3.8) is 0 Å². The van der Waals surface area contributed by atoms with E-state index in [-0.39, 0.29) is 30.3 Å². The number of morpholine rings is 1. The molecular formula is C15H25NO4. The molecule has 2 aliphatic rings. The van der Waals surface area contributed by atoms with Crippen LogP contribution in [0.5, 0.6) is 0 Å². The minimum Gasteiger partial charge on any atom is -0.469 e. The normalized spacial score (nSPS) is 30.9. The average Bonchev–Trinajstić information content (AvgIpc) is 2.47. The Morgan fingerprint density at radius 2 is 1.95 bits per heavy atom. The van der Waals surface area contributed by atoms with Gasteiger partial charge in [0.2, 0.25) is 5.91 Å². The first kappa shape index (κ1) is 15.3. The molecule has 114 valence electrons. The summed E-state index contributed by atoms with van der Waals surface area (Å²) in [5, 5.41) is 0. The molecule has 1 unspecified atom stereocenters. The molecule has 1 aliphatic heterocycles. The fourth-order valence-electron chi connectivity index (χ4n) is 3.08. The molecule has 1 aliphatic carbocycles. The third-order valence-corrected chi connectivity index (χ3v) is 4.44. The Morgan fingerprint density at radius 3 is 2.60 bits per heavy atom. The van der Waals surface area contributed by atoms with Crippen molar-refractivity contribution in [2.75, 3.05) is 26.8 Å². The summed E-state index contributed by atoms with van der Waals surface area (Å²) >= 11 is 0. The summed E-state index contributed by atoms with van der Waals surface area (Å²) < 4.78 is 10.2. The third kappa shape index (κ3) is 3.95. The summed E-state index contributed by atoms with van der Waals surface area (Å²) in [4.78, 5) is 25.7. The van der Waals surface area contributed by atoms with E-state index in [2.05, 4.69) is 11.7 Å². The van der Waals surface area contributed by atoms with Crippen molar-refractivity contribution in [1.82, 2.24) is 4.90 Å². The number of hydrogen-bond acceptors (Lipinski definition) is 4. The molecule has 1 atom stereocenters. The van der Waals surface area contributed by atoms with Crippen LogP contribution in [-0.2, 0) is 19.1 Å². The molecule has 0 aromatic heterocycles. The molecule has 0 bridgehead atoms. The van der Waals surface area contributed by atoms with Crippen molar-refractivity contribution in [2.45, 2.75) is 45.1 Å².